The SMILES string of the molecule is CC(C)c1nc(CC2(CO)CC2)cs1. The quantitative estimate of drug-likeness (QED) is 0.830. The Morgan fingerprint density at radius 3 is 2.71 bits per heavy atom. The fraction of sp³-hybridized carbons (Fsp3) is 0.727. The summed E-state index contributed by atoms with van der Waals surface area (Å²) < 4.78 is 0. The first-order valence-electron chi connectivity index (χ1n) is 5.20. The van der Waals surface area contributed by atoms with Crippen molar-refractivity contribution < 1.29 is 5.11 Å². The minimum absolute atomic E-state index is 0.197. The van der Waals surface area contributed by atoms with Crippen LogP contribution in [0.2, 0.25) is 0 Å². The maximum atomic E-state index is 9.21. The molecule has 0 saturated heterocycles. The third-order valence-electron chi connectivity index (χ3n) is 2.91. The van der Waals surface area contributed by atoms with E-state index in [2.05, 4.69) is 24.2 Å². The molecule has 1 aliphatic carbocycles. The molecule has 78 valence electrons. The molecule has 2 nitrogen and oxygen atoms in total. The molecule has 1 saturated carbocycles. The fourth-order valence-electron chi connectivity index (χ4n) is 1.62. The van der Waals surface area contributed by atoms with Gasteiger partial charge in [0, 0.05) is 17.9 Å². The Bertz CT molecular complexity index is 315. The van der Waals surface area contributed by atoms with Crippen LogP contribution in [0, 0.1) is 5.41 Å². The number of rotatable bonds is 4. The topological polar surface area (TPSA) is 33.1 Å². The van der Waals surface area contributed by atoms with Crippen molar-refractivity contribution >= 4 is 11.3 Å². The number of hydrogen-bond acceptors (Lipinski definition) is 3. The van der Waals surface area contributed by atoms with Gasteiger partial charge in [-0.1, -0.05) is 13.8 Å². The number of aromatic nitrogens is 1. The van der Waals surface area contributed by atoms with Crippen LogP contribution in [-0.2, 0) is 6.42 Å². The van der Waals surface area contributed by atoms with Crippen LogP contribution in [-0.4, -0.2) is 16.7 Å². The van der Waals surface area contributed by atoms with E-state index in [1.807, 2.05) is 0 Å². The summed E-state index contributed by atoms with van der Waals surface area (Å²) in [6, 6.07) is 0. The fourth-order valence-corrected chi connectivity index (χ4v) is 2.46. The second-order valence-corrected chi connectivity index (χ2v) is 5.56. The maximum Gasteiger partial charge on any atom is 0.0953 e. The number of aliphatic hydroxyl groups excluding tert-OH is 1. The highest BCUT2D eigenvalue weighted by Crippen LogP contribution is 2.47. The molecule has 0 radical (unpaired) electrons. The average Bonchev–Trinajstić information content (AvgIpc) is 2.75. The van der Waals surface area contributed by atoms with E-state index in [1.165, 1.54) is 10.7 Å². The summed E-state index contributed by atoms with van der Waals surface area (Å²) in [5, 5.41) is 12.6. The van der Waals surface area contributed by atoms with Crippen LogP contribution in [0.1, 0.15) is 43.3 Å². The van der Waals surface area contributed by atoms with Gasteiger partial charge in [-0.2, -0.15) is 0 Å². The third-order valence-corrected chi connectivity index (χ3v) is 4.11. The van der Waals surface area contributed by atoms with Gasteiger partial charge in [0.2, 0.25) is 0 Å². The molecule has 0 bridgehead atoms. The largest absolute Gasteiger partial charge is 0.396 e. The lowest BCUT2D eigenvalue weighted by molar-refractivity contribution is 0.210. The molecule has 1 aromatic heterocycles. The van der Waals surface area contributed by atoms with Crippen molar-refractivity contribution in [3.8, 4) is 0 Å². The van der Waals surface area contributed by atoms with Gasteiger partial charge in [0.1, 0.15) is 0 Å². The Morgan fingerprint density at radius 2 is 2.29 bits per heavy atom. The summed E-state index contributed by atoms with van der Waals surface area (Å²) in [6.07, 6.45) is 3.29. The van der Waals surface area contributed by atoms with Crippen LogP contribution in [0.15, 0.2) is 5.38 Å². The Kier molecular flexibility index (Phi) is 2.62. The number of hydrogen-bond donors (Lipinski definition) is 1. The summed E-state index contributed by atoms with van der Waals surface area (Å²) in [7, 11) is 0. The molecule has 1 fully saturated rings. The van der Waals surface area contributed by atoms with Gasteiger partial charge >= 0.3 is 0 Å². The van der Waals surface area contributed by atoms with E-state index in [4.69, 9.17) is 0 Å². The minimum atomic E-state index is 0.197. The van der Waals surface area contributed by atoms with Crippen molar-refractivity contribution in [3.05, 3.63) is 16.1 Å². The number of thiazole rings is 1. The Hall–Kier alpha value is -0.410. The van der Waals surface area contributed by atoms with Crippen LogP contribution in [0.25, 0.3) is 0 Å². The van der Waals surface area contributed by atoms with Crippen LogP contribution in [0.4, 0.5) is 0 Å². The first kappa shape index (κ1) is 10.1. The van der Waals surface area contributed by atoms with Gasteiger partial charge in [0.25, 0.3) is 0 Å². The summed E-state index contributed by atoms with van der Waals surface area (Å²) >= 11 is 1.74. The van der Waals surface area contributed by atoms with Gasteiger partial charge in [0.05, 0.1) is 10.7 Å². The van der Waals surface area contributed by atoms with E-state index in [0.717, 1.165) is 19.3 Å². The van der Waals surface area contributed by atoms with E-state index in [9.17, 15) is 5.11 Å². The first-order valence-corrected chi connectivity index (χ1v) is 6.08. The van der Waals surface area contributed by atoms with E-state index < -0.39 is 0 Å². The highest BCUT2D eigenvalue weighted by Gasteiger charge is 2.42. The van der Waals surface area contributed by atoms with Crippen LogP contribution >= 0.6 is 11.3 Å². The second-order valence-electron chi connectivity index (χ2n) is 4.67. The first-order chi connectivity index (χ1) is 6.65. The molecule has 1 aliphatic rings. The lowest BCUT2D eigenvalue weighted by Gasteiger charge is -2.08. The predicted molar refractivity (Wildman–Crippen MR) is 58.7 cm³/mol. The summed E-state index contributed by atoms with van der Waals surface area (Å²) in [5.74, 6) is 0.526. The molecule has 0 unspecified atom stereocenters. The molecule has 0 aliphatic heterocycles. The number of nitrogens with zero attached hydrogens (tertiary/aromatic N) is 1. The monoisotopic (exact) mass is 211 g/mol. The highest BCUT2D eigenvalue weighted by atomic mass is 32.1. The molecule has 14 heavy (non-hydrogen) atoms. The molecular formula is C11H17NOS. The van der Waals surface area contributed by atoms with Crippen molar-refractivity contribution in [1.29, 1.82) is 0 Å². The Labute approximate surface area is 89.0 Å². The molecular weight excluding hydrogens is 194 g/mol. The van der Waals surface area contributed by atoms with E-state index in [0.29, 0.717) is 12.5 Å². The van der Waals surface area contributed by atoms with Crippen molar-refractivity contribution in [1.82, 2.24) is 4.98 Å². The van der Waals surface area contributed by atoms with E-state index in [-0.39, 0.29) is 5.41 Å². The normalized spacial score (nSPS) is 18.9. The van der Waals surface area contributed by atoms with Crippen molar-refractivity contribution in [2.24, 2.45) is 5.41 Å². The van der Waals surface area contributed by atoms with E-state index in [1.54, 1.807) is 11.3 Å². The lowest BCUT2D eigenvalue weighted by atomic mass is 10.0. The molecule has 0 aromatic carbocycles. The average molecular weight is 211 g/mol. The summed E-state index contributed by atoms with van der Waals surface area (Å²) in [5.41, 5.74) is 1.37. The molecule has 0 amide bonds. The van der Waals surface area contributed by atoms with Crippen LogP contribution in [0.5, 0.6) is 0 Å². The Morgan fingerprint density at radius 1 is 1.57 bits per heavy atom. The van der Waals surface area contributed by atoms with Crippen LogP contribution in [0.3, 0.4) is 0 Å². The van der Waals surface area contributed by atoms with Gasteiger partial charge < -0.3 is 5.11 Å². The van der Waals surface area contributed by atoms with Crippen molar-refractivity contribution in [3.63, 3.8) is 0 Å². The summed E-state index contributed by atoms with van der Waals surface area (Å²) in [6.45, 7) is 4.66. The zero-order valence-corrected chi connectivity index (χ0v) is 9.60. The molecule has 3 heteroatoms. The molecule has 0 atom stereocenters. The highest BCUT2D eigenvalue weighted by molar-refractivity contribution is 7.09. The summed E-state index contributed by atoms with van der Waals surface area (Å²) in [4.78, 5) is 4.59. The Balaban J connectivity index is 2.03. The van der Waals surface area contributed by atoms with Crippen molar-refractivity contribution in [2.75, 3.05) is 6.61 Å². The molecule has 0 spiro atoms. The second kappa shape index (κ2) is 3.63. The maximum absolute atomic E-state index is 9.21. The van der Waals surface area contributed by atoms with Gasteiger partial charge in [0.15, 0.2) is 0 Å². The third kappa shape index (κ3) is 1.98. The van der Waals surface area contributed by atoms with Gasteiger partial charge in [-0.05, 0) is 24.7 Å². The molecule has 1 N–H and O–H groups in total. The molecule has 2 rings (SSSR count). The number of aliphatic hydroxyl groups is 1. The lowest BCUT2D eigenvalue weighted by Crippen LogP contribution is -2.10. The zero-order chi connectivity index (χ0) is 10.2. The van der Waals surface area contributed by atoms with Gasteiger partial charge in [-0.25, -0.2) is 4.98 Å². The van der Waals surface area contributed by atoms with Gasteiger partial charge in [-0.3, -0.25) is 0 Å². The molecule has 1 aromatic rings. The zero-order valence-electron chi connectivity index (χ0n) is 8.79. The van der Waals surface area contributed by atoms with Gasteiger partial charge in [-0.15, -0.1) is 11.3 Å². The predicted octanol–water partition coefficient (Wildman–Crippen LogP) is 2.58. The minimum Gasteiger partial charge on any atom is -0.396 e. The van der Waals surface area contributed by atoms with Crippen molar-refractivity contribution in [2.45, 2.75) is 39.0 Å². The van der Waals surface area contributed by atoms with Crippen LogP contribution < -0.4 is 0 Å². The standard InChI is InChI=1S/C11H17NOS/c1-8(2)10-12-9(6-14-10)5-11(7-13)3-4-11/h6,8,13H,3-5,7H2,1-2H3. The molecule has 1 heterocycles. The smallest absolute Gasteiger partial charge is 0.0953 e. The van der Waals surface area contributed by atoms with E-state index >= 15 is 0 Å².